The molecule has 1 aromatic rings. The van der Waals surface area contributed by atoms with Gasteiger partial charge in [0.15, 0.2) is 0 Å². The van der Waals surface area contributed by atoms with Crippen molar-refractivity contribution in [3.8, 4) is 0 Å². The Bertz CT molecular complexity index is 570. The number of carbonyl (C=O) groups is 3. The number of hydrogen-bond acceptors (Lipinski definition) is 3. The van der Waals surface area contributed by atoms with Gasteiger partial charge < -0.3 is 16.4 Å². The molecule has 0 saturated heterocycles. The van der Waals surface area contributed by atoms with E-state index in [9.17, 15) is 27.6 Å². The van der Waals surface area contributed by atoms with Gasteiger partial charge in [0.25, 0.3) is 5.91 Å². The molecule has 0 atom stereocenters. The number of alkyl halides is 3. The summed E-state index contributed by atoms with van der Waals surface area (Å²) in [6, 6.07) is 3.65. The first-order valence-corrected chi connectivity index (χ1v) is 5.21. The quantitative estimate of drug-likeness (QED) is 0.780. The number of benzene rings is 1. The van der Waals surface area contributed by atoms with Crippen LogP contribution in [0.15, 0.2) is 18.2 Å². The number of hydrogen-bond donors (Lipinski definition) is 3. The molecule has 3 amide bonds. The first-order valence-electron chi connectivity index (χ1n) is 5.21. The third-order valence-electron chi connectivity index (χ3n) is 2.14. The van der Waals surface area contributed by atoms with E-state index in [4.69, 9.17) is 5.73 Å². The minimum atomic E-state index is -5.14. The highest BCUT2D eigenvalue weighted by Gasteiger charge is 2.39. The average Bonchev–Trinajstić information content (AvgIpc) is 2.28. The molecule has 4 N–H and O–H groups in total. The molecule has 0 aliphatic carbocycles. The molecular formula is C11H10F3N3O3. The van der Waals surface area contributed by atoms with Gasteiger partial charge in [-0.15, -0.1) is 0 Å². The number of anilines is 2. The van der Waals surface area contributed by atoms with Crippen molar-refractivity contribution in [1.82, 2.24) is 0 Å². The van der Waals surface area contributed by atoms with Crippen LogP contribution in [-0.2, 0) is 9.59 Å². The summed E-state index contributed by atoms with van der Waals surface area (Å²) in [6.45, 7) is 1.12. The second-order valence-electron chi connectivity index (χ2n) is 3.73. The number of amides is 3. The van der Waals surface area contributed by atoms with Gasteiger partial charge in [-0.25, -0.2) is 0 Å². The van der Waals surface area contributed by atoms with E-state index in [0.717, 1.165) is 13.0 Å². The second kappa shape index (κ2) is 5.59. The minimum absolute atomic E-state index is 0.161. The van der Waals surface area contributed by atoms with Gasteiger partial charge in [0.05, 0.1) is 16.9 Å². The lowest BCUT2D eigenvalue weighted by Crippen LogP contribution is -2.31. The highest BCUT2D eigenvalue weighted by molar-refractivity contribution is 6.09. The van der Waals surface area contributed by atoms with Gasteiger partial charge in [0.1, 0.15) is 0 Å². The highest BCUT2D eigenvalue weighted by Crippen LogP contribution is 2.28. The molecule has 0 saturated carbocycles. The molecule has 1 rings (SSSR count). The molecule has 0 heterocycles. The summed E-state index contributed by atoms with van der Waals surface area (Å²) in [5.41, 5.74) is 4.00. The normalized spacial score (nSPS) is 10.8. The Labute approximate surface area is 111 Å². The molecule has 20 heavy (non-hydrogen) atoms. The minimum Gasteiger partial charge on any atom is -0.366 e. The first kappa shape index (κ1) is 15.5. The molecule has 0 aliphatic rings. The molecule has 0 aliphatic heterocycles. The molecule has 0 spiro atoms. The van der Waals surface area contributed by atoms with Crippen LogP contribution >= 0.6 is 0 Å². The Hall–Kier alpha value is -2.58. The first-order chi connectivity index (χ1) is 9.12. The molecular weight excluding hydrogens is 279 g/mol. The smallest absolute Gasteiger partial charge is 0.366 e. The Balaban J connectivity index is 3.28. The van der Waals surface area contributed by atoms with Gasteiger partial charge in [0, 0.05) is 6.92 Å². The maximum absolute atomic E-state index is 12.2. The summed E-state index contributed by atoms with van der Waals surface area (Å²) in [7, 11) is 0. The van der Waals surface area contributed by atoms with Crippen molar-refractivity contribution < 1.29 is 27.6 Å². The molecule has 9 heteroatoms. The van der Waals surface area contributed by atoms with Gasteiger partial charge in [-0.1, -0.05) is 6.07 Å². The van der Waals surface area contributed by atoms with E-state index < -0.39 is 29.6 Å². The zero-order valence-corrected chi connectivity index (χ0v) is 10.2. The molecule has 0 unspecified atom stereocenters. The maximum atomic E-state index is 12.2. The van der Waals surface area contributed by atoms with E-state index in [1.165, 1.54) is 17.4 Å². The van der Waals surface area contributed by atoms with Crippen LogP contribution in [0.5, 0.6) is 0 Å². The predicted octanol–water partition coefficient (Wildman–Crippen LogP) is 1.24. The van der Waals surface area contributed by atoms with Gasteiger partial charge in [-0.2, -0.15) is 13.2 Å². The van der Waals surface area contributed by atoms with Gasteiger partial charge in [0.2, 0.25) is 5.91 Å². The van der Waals surface area contributed by atoms with Crippen LogP contribution in [0.2, 0.25) is 0 Å². The van der Waals surface area contributed by atoms with Gasteiger partial charge in [-0.3, -0.25) is 14.4 Å². The third kappa shape index (κ3) is 3.70. The summed E-state index contributed by atoms with van der Waals surface area (Å²) >= 11 is 0. The largest absolute Gasteiger partial charge is 0.471 e. The average molecular weight is 289 g/mol. The fraction of sp³-hybridized carbons (Fsp3) is 0.182. The standard InChI is InChI=1S/C11H10F3N3O3/c1-5(18)16-7-4-2-3-6(9(15)19)8(7)17-10(20)11(12,13)14/h2-4H,1H3,(H2,15,19)(H,16,18)(H,17,20). The summed E-state index contributed by atoms with van der Waals surface area (Å²) < 4.78 is 36.7. The van der Waals surface area contributed by atoms with Crippen molar-refractivity contribution in [3.63, 3.8) is 0 Å². The lowest BCUT2D eigenvalue weighted by Gasteiger charge is -2.15. The fourth-order valence-corrected chi connectivity index (χ4v) is 1.37. The van der Waals surface area contributed by atoms with Crippen molar-refractivity contribution in [2.24, 2.45) is 5.73 Å². The molecule has 0 bridgehead atoms. The van der Waals surface area contributed by atoms with Crippen LogP contribution in [-0.4, -0.2) is 23.9 Å². The molecule has 6 nitrogen and oxygen atoms in total. The second-order valence-corrected chi connectivity index (χ2v) is 3.73. The number of primary amides is 1. The van der Waals surface area contributed by atoms with Crippen molar-refractivity contribution in [1.29, 1.82) is 0 Å². The Kier molecular flexibility index (Phi) is 4.33. The Morgan fingerprint density at radius 1 is 1.15 bits per heavy atom. The van der Waals surface area contributed by atoms with Crippen LogP contribution in [0.3, 0.4) is 0 Å². The van der Waals surface area contributed by atoms with Crippen molar-refractivity contribution in [3.05, 3.63) is 23.8 Å². The SMILES string of the molecule is CC(=O)Nc1cccc(C(N)=O)c1NC(=O)C(F)(F)F. The van der Waals surface area contributed by atoms with E-state index in [1.807, 2.05) is 0 Å². The molecule has 0 aromatic heterocycles. The summed E-state index contributed by atoms with van der Waals surface area (Å²) in [4.78, 5) is 33.1. The van der Waals surface area contributed by atoms with E-state index >= 15 is 0 Å². The Morgan fingerprint density at radius 2 is 1.75 bits per heavy atom. The van der Waals surface area contributed by atoms with Crippen molar-refractivity contribution in [2.45, 2.75) is 13.1 Å². The number of para-hydroxylation sites is 1. The van der Waals surface area contributed by atoms with Crippen LogP contribution in [0.1, 0.15) is 17.3 Å². The number of carbonyl (C=O) groups excluding carboxylic acids is 3. The monoisotopic (exact) mass is 289 g/mol. The summed E-state index contributed by atoms with van der Waals surface area (Å²) in [5, 5.41) is 3.72. The van der Waals surface area contributed by atoms with E-state index in [-0.39, 0.29) is 11.3 Å². The van der Waals surface area contributed by atoms with E-state index in [0.29, 0.717) is 0 Å². The van der Waals surface area contributed by atoms with Gasteiger partial charge >= 0.3 is 12.1 Å². The topological polar surface area (TPSA) is 101 Å². The molecule has 108 valence electrons. The van der Waals surface area contributed by atoms with E-state index in [1.54, 1.807) is 0 Å². The van der Waals surface area contributed by atoms with Crippen LogP contribution in [0.4, 0.5) is 24.5 Å². The predicted molar refractivity (Wildman–Crippen MR) is 63.9 cm³/mol. The van der Waals surface area contributed by atoms with Crippen molar-refractivity contribution >= 4 is 29.1 Å². The number of nitrogens with one attached hydrogen (secondary N) is 2. The number of halogens is 3. The van der Waals surface area contributed by atoms with E-state index in [2.05, 4.69) is 5.32 Å². The molecule has 1 aromatic carbocycles. The zero-order valence-electron chi connectivity index (χ0n) is 10.2. The third-order valence-corrected chi connectivity index (χ3v) is 2.14. The zero-order chi connectivity index (χ0) is 15.5. The van der Waals surface area contributed by atoms with Crippen LogP contribution in [0.25, 0.3) is 0 Å². The summed E-state index contributed by atoms with van der Waals surface area (Å²) in [6.07, 6.45) is -5.14. The molecule has 0 fully saturated rings. The highest BCUT2D eigenvalue weighted by atomic mass is 19.4. The van der Waals surface area contributed by atoms with Crippen molar-refractivity contribution in [2.75, 3.05) is 10.6 Å². The summed E-state index contributed by atoms with van der Waals surface area (Å²) in [5.74, 6) is -3.92. The number of rotatable bonds is 3. The Morgan fingerprint density at radius 3 is 2.20 bits per heavy atom. The lowest BCUT2D eigenvalue weighted by molar-refractivity contribution is -0.167. The lowest BCUT2D eigenvalue weighted by atomic mass is 10.1. The van der Waals surface area contributed by atoms with Crippen LogP contribution < -0.4 is 16.4 Å². The maximum Gasteiger partial charge on any atom is 0.471 e. The van der Waals surface area contributed by atoms with Gasteiger partial charge in [-0.05, 0) is 12.1 Å². The molecule has 0 radical (unpaired) electrons. The number of nitrogens with two attached hydrogens (primary N) is 1. The fourth-order valence-electron chi connectivity index (χ4n) is 1.37. The van der Waals surface area contributed by atoms with Crippen LogP contribution in [0, 0.1) is 0 Å².